The monoisotopic (exact) mass is 388 g/mol. The number of carbonyl (C=O) groups is 1. The molecule has 0 radical (unpaired) electrons. The van der Waals surface area contributed by atoms with E-state index in [2.05, 4.69) is 10.0 Å². The van der Waals surface area contributed by atoms with Crippen LogP contribution in [0.15, 0.2) is 23.1 Å². The van der Waals surface area contributed by atoms with E-state index in [-0.39, 0.29) is 29.8 Å². The minimum atomic E-state index is -3.72. The second-order valence-corrected chi connectivity index (χ2v) is 8.61. The summed E-state index contributed by atoms with van der Waals surface area (Å²) in [4.78, 5) is 12.0. The number of hydrogen-bond acceptors (Lipinski definition) is 6. The van der Waals surface area contributed by atoms with E-state index in [1.807, 2.05) is 11.8 Å². The summed E-state index contributed by atoms with van der Waals surface area (Å²) in [6, 6.07) is 4.56. The molecule has 0 spiro atoms. The Morgan fingerprint density at radius 2 is 1.88 bits per heavy atom. The molecule has 1 amide bonds. The molecule has 140 valence electrons. The molecule has 1 aliphatic rings. The summed E-state index contributed by atoms with van der Waals surface area (Å²) in [5.74, 6) is 2.75. The maximum atomic E-state index is 12.3. The molecule has 1 fully saturated rings. The van der Waals surface area contributed by atoms with Crippen molar-refractivity contribution in [2.45, 2.75) is 30.2 Å². The summed E-state index contributed by atoms with van der Waals surface area (Å²) in [5, 5.41) is 2.95. The summed E-state index contributed by atoms with van der Waals surface area (Å²) in [7, 11) is -0.795. The number of methoxy groups -OCH3 is 2. The molecule has 1 aliphatic heterocycles. The smallest absolute Gasteiger partial charge is 0.240 e. The summed E-state index contributed by atoms with van der Waals surface area (Å²) >= 11 is 1.89. The fourth-order valence-electron chi connectivity index (χ4n) is 2.51. The van der Waals surface area contributed by atoms with Crippen LogP contribution in [0, 0.1) is 0 Å². The highest BCUT2D eigenvalue weighted by Crippen LogP contribution is 2.29. The molecule has 0 saturated carbocycles. The van der Waals surface area contributed by atoms with Gasteiger partial charge in [-0.1, -0.05) is 0 Å². The average molecular weight is 389 g/mol. The SMILES string of the molecule is COc1ccc(S(=O)(=O)NCCC(=O)NC2CCSCC2)cc1OC. The number of hydrogen-bond donors (Lipinski definition) is 2. The van der Waals surface area contributed by atoms with E-state index in [0.29, 0.717) is 11.5 Å². The zero-order chi connectivity index (χ0) is 18.3. The lowest BCUT2D eigenvalue weighted by Gasteiger charge is -2.22. The van der Waals surface area contributed by atoms with Crippen molar-refractivity contribution < 1.29 is 22.7 Å². The van der Waals surface area contributed by atoms with Gasteiger partial charge in [-0.05, 0) is 36.5 Å². The number of rotatable bonds is 8. The van der Waals surface area contributed by atoms with E-state index in [1.165, 1.54) is 32.4 Å². The van der Waals surface area contributed by atoms with Gasteiger partial charge in [0, 0.05) is 25.1 Å². The highest BCUT2D eigenvalue weighted by molar-refractivity contribution is 7.99. The highest BCUT2D eigenvalue weighted by atomic mass is 32.2. The van der Waals surface area contributed by atoms with Crippen LogP contribution < -0.4 is 19.5 Å². The van der Waals surface area contributed by atoms with E-state index >= 15 is 0 Å². The minimum Gasteiger partial charge on any atom is -0.493 e. The van der Waals surface area contributed by atoms with Gasteiger partial charge in [-0.15, -0.1) is 0 Å². The van der Waals surface area contributed by atoms with E-state index in [4.69, 9.17) is 9.47 Å². The number of sulfonamides is 1. The Morgan fingerprint density at radius 3 is 2.52 bits per heavy atom. The van der Waals surface area contributed by atoms with Crippen molar-refractivity contribution in [2.24, 2.45) is 0 Å². The predicted molar refractivity (Wildman–Crippen MR) is 97.8 cm³/mol. The number of carbonyl (C=O) groups excluding carboxylic acids is 1. The molecule has 1 aromatic rings. The molecule has 0 atom stereocenters. The van der Waals surface area contributed by atoms with Crippen molar-refractivity contribution in [3.8, 4) is 11.5 Å². The third kappa shape index (κ3) is 5.79. The Bertz CT molecular complexity index is 688. The Hall–Kier alpha value is -1.45. The van der Waals surface area contributed by atoms with Crippen LogP contribution in [-0.2, 0) is 14.8 Å². The highest BCUT2D eigenvalue weighted by Gasteiger charge is 2.19. The van der Waals surface area contributed by atoms with Gasteiger partial charge in [-0.25, -0.2) is 13.1 Å². The molecule has 1 saturated heterocycles. The Balaban J connectivity index is 1.87. The molecule has 2 rings (SSSR count). The maximum absolute atomic E-state index is 12.3. The van der Waals surface area contributed by atoms with Gasteiger partial charge in [0.05, 0.1) is 19.1 Å². The summed E-state index contributed by atoms with van der Waals surface area (Å²) in [5.41, 5.74) is 0. The summed E-state index contributed by atoms with van der Waals surface area (Å²) in [6.07, 6.45) is 2.04. The fraction of sp³-hybridized carbons (Fsp3) is 0.562. The van der Waals surface area contributed by atoms with Gasteiger partial charge >= 0.3 is 0 Å². The van der Waals surface area contributed by atoms with Crippen LogP contribution >= 0.6 is 11.8 Å². The third-order valence-electron chi connectivity index (χ3n) is 3.90. The van der Waals surface area contributed by atoms with Gasteiger partial charge in [0.2, 0.25) is 15.9 Å². The van der Waals surface area contributed by atoms with Gasteiger partial charge in [0.25, 0.3) is 0 Å². The first-order valence-corrected chi connectivity index (χ1v) is 10.7. The molecule has 7 nitrogen and oxygen atoms in total. The largest absolute Gasteiger partial charge is 0.493 e. The summed E-state index contributed by atoms with van der Waals surface area (Å²) in [6.45, 7) is 0.0456. The van der Waals surface area contributed by atoms with E-state index in [0.717, 1.165) is 24.3 Å². The molecular formula is C16H24N2O5S2. The second kappa shape index (κ2) is 9.30. The van der Waals surface area contributed by atoms with Gasteiger partial charge in [0.15, 0.2) is 11.5 Å². The van der Waals surface area contributed by atoms with Gasteiger partial charge in [-0.2, -0.15) is 11.8 Å². The van der Waals surface area contributed by atoms with Crippen molar-refractivity contribution in [3.63, 3.8) is 0 Å². The van der Waals surface area contributed by atoms with Gasteiger partial charge in [0.1, 0.15) is 0 Å². The Morgan fingerprint density at radius 1 is 1.20 bits per heavy atom. The molecular weight excluding hydrogens is 364 g/mol. The second-order valence-electron chi connectivity index (χ2n) is 5.62. The summed E-state index contributed by atoms with van der Waals surface area (Å²) < 4.78 is 37.3. The average Bonchev–Trinajstić information content (AvgIpc) is 2.61. The molecule has 0 bridgehead atoms. The molecule has 2 N–H and O–H groups in total. The molecule has 0 aromatic heterocycles. The number of benzene rings is 1. The Kier molecular flexibility index (Phi) is 7.39. The number of nitrogens with one attached hydrogen (secondary N) is 2. The van der Waals surface area contributed by atoms with Crippen molar-refractivity contribution in [3.05, 3.63) is 18.2 Å². The van der Waals surface area contributed by atoms with Crippen LogP contribution in [0.2, 0.25) is 0 Å². The minimum absolute atomic E-state index is 0.0456. The quantitative estimate of drug-likeness (QED) is 0.699. The first kappa shape index (κ1) is 19.9. The molecule has 0 unspecified atom stereocenters. The van der Waals surface area contributed by atoms with Crippen LogP contribution in [0.1, 0.15) is 19.3 Å². The Labute approximate surface area is 152 Å². The first-order chi connectivity index (χ1) is 12.0. The maximum Gasteiger partial charge on any atom is 0.240 e. The third-order valence-corrected chi connectivity index (χ3v) is 6.40. The van der Waals surface area contributed by atoms with E-state index in [9.17, 15) is 13.2 Å². The molecule has 0 aliphatic carbocycles. The number of amides is 1. The van der Waals surface area contributed by atoms with Crippen LogP contribution in [-0.4, -0.2) is 52.6 Å². The standard InChI is InChI=1S/C16H24N2O5S2/c1-22-14-4-3-13(11-15(14)23-2)25(20,21)17-8-5-16(19)18-12-6-9-24-10-7-12/h3-4,11-12,17H,5-10H2,1-2H3,(H,18,19). The van der Waals surface area contributed by atoms with Crippen molar-refractivity contribution in [1.29, 1.82) is 0 Å². The van der Waals surface area contributed by atoms with Crippen LogP contribution in [0.25, 0.3) is 0 Å². The van der Waals surface area contributed by atoms with Crippen molar-refractivity contribution in [1.82, 2.24) is 10.0 Å². The topological polar surface area (TPSA) is 93.7 Å². The zero-order valence-corrected chi connectivity index (χ0v) is 16.0. The lowest BCUT2D eigenvalue weighted by atomic mass is 10.1. The molecule has 25 heavy (non-hydrogen) atoms. The van der Waals surface area contributed by atoms with Gasteiger partial charge in [-0.3, -0.25) is 4.79 Å². The molecule has 1 aromatic carbocycles. The fourth-order valence-corrected chi connectivity index (χ4v) is 4.66. The number of thioether (sulfide) groups is 1. The molecule has 9 heteroatoms. The van der Waals surface area contributed by atoms with Crippen LogP contribution in [0.4, 0.5) is 0 Å². The molecule has 1 heterocycles. The first-order valence-electron chi connectivity index (χ1n) is 8.05. The van der Waals surface area contributed by atoms with E-state index < -0.39 is 10.0 Å². The van der Waals surface area contributed by atoms with Crippen molar-refractivity contribution >= 4 is 27.7 Å². The number of ether oxygens (including phenoxy) is 2. The normalized spacial score (nSPS) is 15.6. The lowest BCUT2D eigenvalue weighted by Crippen LogP contribution is -2.39. The van der Waals surface area contributed by atoms with Crippen molar-refractivity contribution in [2.75, 3.05) is 32.3 Å². The van der Waals surface area contributed by atoms with E-state index in [1.54, 1.807) is 0 Å². The predicted octanol–water partition coefficient (Wildman–Crippen LogP) is 1.38. The van der Waals surface area contributed by atoms with Crippen LogP contribution in [0.3, 0.4) is 0 Å². The van der Waals surface area contributed by atoms with Crippen LogP contribution in [0.5, 0.6) is 11.5 Å². The lowest BCUT2D eigenvalue weighted by molar-refractivity contribution is -0.121. The van der Waals surface area contributed by atoms with Gasteiger partial charge < -0.3 is 14.8 Å². The zero-order valence-electron chi connectivity index (χ0n) is 14.4.